The number of hydrogen-bond acceptors (Lipinski definition) is 6. The molecule has 0 aliphatic carbocycles. The van der Waals surface area contributed by atoms with E-state index in [1.54, 1.807) is 0 Å². The summed E-state index contributed by atoms with van der Waals surface area (Å²) < 4.78 is 35.6. The number of hydroxylamine groups is 2. The molecule has 3 aliphatic heterocycles. The largest absolute Gasteiger partial charge is 0.418 e. The van der Waals surface area contributed by atoms with Crippen LogP contribution in [-0.4, -0.2) is 59.7 Å². The van der Waals surface area contributed by atoms with Crippen LogP contribution in [0.15, 0.2) is 46.5 Å². The van der Waals surface area contributed by atoms with Crippen molar-refractivity contribution in [3.8, 4) is 0 Å². The van der Waals surface area contributed by atoms with Crippen molar-refractivity contribution in [2.24, 2.45) is 10.7 Å². The number of aliphatic imine (C=N–C) groups is 1. The first kappa shape index (κ1) is 16.7. The van der Waals surface area contributed by atoms with Gasteiger partial charge in [0, 0.05) is 11.8 Å². The van der Waals surface area contributed by atoms with Gasteiger partial charge in [0.05, 0.1) is 12.6 Å². The fourth-order valence-corrected chi connectivity index (χ4v) is 4.02. The van der Waals surface area contributed by atoms with Gasteiger partial charge in [-0.15, -0.1) is 4.28 Å². The second-order valence-electron chi connectivity index (χ2n) is 6.09. The Kier molecular flexibility index (Phi) is 3.61. The van der Waals surface area contributed by atoms with Gasteiger partial charge in [0.2, 0.25) is 5.91 Å². The second-order valence-corrected chi connectivity index (χ2v) is 7.09. The Morgan fingerprint density at radius 3 is 2.62 bits per heavy atom. The number of urea groups is 1. The molecule has 3 aliphatic rings. The summed E-state index contributed by atoms with van der Waals surface area (Å²) in [6.07, 6.45) is 1.49. The SMILES string of the molecule is NC(=O)C1C2=C(C=NC2c2ccccc2)C2CN1C(=O)N2OS(=O)(=O)O. The smallest absolute Gasteiger partial charge is 0.368 e. The van der Waals surface area contributed by atoms with Crippen molar-refractivity contribution in [1.82, 2.24) is 9.96 Å². The topological polar surface area (TPSA) is 143 Å². The molecule has 136 valence electrons. The van der Waals surface area contributed by atoms with Crippen molar-refractivity contribution in [3.63, 3.8) is 0 Å². The molecule has 1 aromatic rings. The molecule has 0 aromatic heterocycles. The number of rotatable bonds is 4. The van der Waals surface area contributed by atoms with Crippen LogP contribution in [0, 0.1) is 0 Å². The molecule has 26 heavy (non-hydrogen) atoms. The minimum absolute atomic E-state index is 0.00563. The molecule has 10 nitrogen and oxygen atoms in total. The summed E-state index contributed by atoms with van der Waals surface area (Å²) in [5, 5.41) is 0.535. The number of carbonyl (C=O) groups excluding carboxylic acids is 2. The molecule has 2 bridgehead atoms. The molecular weight excluding hydrogens is 364 g/mol. The first-order chi connectivity index (χ1) is 12.3. The fraction of sp³-hybridized carbons (Fsp3) is 0.267. The third-order valence-corrected chi connectivity index (χ3v) is 4.95. The van der Waals surface area contributed by atoms with Gasteiger partial charge in [0.1, 0.15) is 12.1 Å². The third kappa shape index (κ3) is 2.48. The Balaban J connectivity index is 1.82. The molecule has 11 heteroatoms. The summed E-state index contributed by atoms with van der Waals surface area (Å²) in [4.78, 5) is 30.2. The third-order valence-electron chi connectivity index (χ3n) is 4.60. The molecule has 3 unspecified atom stereocenters. The van der Waals surface area contributed by atoms with Crippen LogP contribution in [0.5, 0.6) is 0 Å². The second kappa shape index (κ2) is 5.62. The van der Waals surface area contributed by atoms with Crippen LogP contribution in [0.25, 0.3) is 0 Å². The van der Waals surface area contributed by atoms with Gasteiger partial charge in [-0.25, -0.2) is 4.79 Å². The number of benzene rings is 1. The van der Waals surface area contributed by atoms with E-state index >= 15 is 0 Å². The number of primary amides is 1. The van der Waals surface area contributed by atoms with Crippen molar-refractivity contribution in [2.45, 2.75) is 18.1 Å². The van der Waals surface area contributed by atoms with E-state index in [1.807, 2.05) is 30.3 Å². The van der Waals surface area contributed by atoms with Gasteiger partial charge < -0.3 is 10.6 Å². The molecule has 1 saturated heterocycles. The van der Waals surface area contributed by atoms with Crippen molar-refractivity contribution in [3.05, 3.63) is 47.0 Å². The predicted molar refractivity (Wildman–Crippen MR) is 88.0 cm³/mol. The monoisotopic (exact) mass is 378 g/mol. The predicted octanol–water partition coefficient (Wildman–Crippen LogP) is -0.183. The van der Waals surface area contributed by atoms with Crippen LogP contribution in [0.2, 0.25) is 0 Å². The van der Waals surface area contributed by atoms with E-state index in [4.69, 9.17) is 10.3 Å². The van der Waals surface area contributed by atoms with Crippen LogP contribution in [0.3, 0.4) is 0 Å². The van der Waals surface area contributed by atoms with Gasteiger partial charge >= 0.3 is 16.4 Å². The van der Waals surface area contributed by atoms with Gasteiger partial charge in [-0.1, -0.05) is 30.3 Å². The van der Waals surface area contributed by atoms with Gasteiger partial charge in [-0.2, -0.15) is 13.5 Å². The van der Waals surface area contributed by atoms with E-state index in [9.17, 15) is 18.0 Å². The highest BCUT2D eigenvalue weighted by molar-refractivity contribution is 7.80. The van der Waals surface area contributed by atoms with E-state index < -0.39 is 40.5 Å². The van der Waals surface area contributed by atoms with Gasteiger partial charge in [-0.05, 0) is 11.1 Å². The molecule has 3 heterocycles. The average molecular weight is 378 g/mol. The number of nitrogens with two attached hydrogens (primary N) is 1. The lowest BCUT2D eigenvalue weighted by Gasteiger charge is -2.32. The Hall–Kier alpha value is -2.76. The Bertz CT molecular complexity index is 958. The molecule has 1 aromatic carbocycles. The molecule has 4 rings (SSSR count). The standard InChI is InChI=1S/C15H14N4O6S/c16-14(20)13-11-9(6-17-12(11)8-4-2-1-3-5-8)10-7-18(13)15(21)19(10)25-26(22,23)24/h1-6,10,12-13H,7H2,(H2,16,20)(H,22,23,24). The number of nitrogens with zero attached hydrogens (tertiary/aromatic N) is 3. The highest BCUT2D eigenvalue weighted by Crippen LogP contribution is 2.44. The van der Waals surface area contributed by atoms with Crippen LogP contribution in [0.1, 0.15) is 11.6 Å². The van der Waals surface area contributed by atoms with E-state index in [2.05, 4.69) is 9.28 Å². The van der Waals surface area contributed by atoms with Crippen molar-refractivity contribution >= 4 is 28.6 Å². The summed E-state index contributed by atoms with van der Waals surface area (Å²) in [6, 6.07) is 5.83. The summed E-state index contributed by atoms with van der Waals surface area (Å²) in [5.41, 5.74) is 7.33. The lowest BCUT2D eigenvalue weighted by molar-refractivity contribution is -0.121. The quantitative estimate of drug-likeness (QED) is 0.696. The maximum Gasteiger partial charge on any atom is 0.418 e. The van der Waals surface area contributed by atoms with E-state index in [0.29, 0.717) is 16.2 Å². The lowest BCUT2D eigenvalue weighted by Crippen LogP contribution is -2.50. The average Bonchev–Trinajstić information content (AvgIpc) is 3.11. The van der Waals surface area contributed by atoms with E-state index in [0.717, 1.165) is 10.5 Å². The molecule has 3 amide bonds. The van der Waals surface area contributed by atoms with Crippen molar-refractivity contribution < 1.29 is 26.8 Å². The zero-order valence-electron chi connectivity index (χ0n) is 13.2. The van der Waals surface area contributed by atoms with Crippen molar-refractivity contribution in [2.75, 3.05) is 6.54 Å². The summed E-state index contributed by atoms with van der Waals surface area (Å²) >= 11 is 0. The van der Waals surface area contributed by atoms with Crippen LogP contribution in [-0.2, 0) is 19.5 Å². The molecule has 3 atom stereocenters. The number of fused-ring (bicyclic) bond motifs is 3. The molecular formula is C15H14N4O6S. The highest BCUT2D eigenvalue weighted by Gasteiger charge is 2.55. The van der Waals surface area contributed by atoms with Crippen LogP contribution < -0.4 is 5.73 Å². The number of carbonyl (C=O) groups is 2. The molecule has 0 saturated carbocycles. The first-order valence-corrected chi connectivity index (χ1v) is 9.02. The highest BCUT2D eigenvalue weighted by atomic mass is 32.3. The normalized spacial score (nSPS) is 27.3. The lowest BCUT2D eigenvalue weighted by atomic mass is 9.86. The maximum absolute atomic E-state index is 12.5. The van der Waals surface area contributed by atoms with Crippen LogP contribution >= 0.6 is 0 Å². The molecule has 0 radical (unpaired) electrons. The zero-order valence-corrected chi connectivity index (χ0v) is 14.0. The van der Waals surface area contributed by atoms with E-state index in [1.165, 1.54) is 6.21 Å². The van der Waals surface area contributed by atoms with E-state index in [-0.39, 0.29) is 6.54 Å². The molecule has 0 spiro atoms. The maximum atomic E-state index is 12.5. The minimum atomic E-state index is -4.92. The minimum Gasteiger partial charge on any atom is -0.368 e. The summed E-state index contributed by atoms with van der Waals surface area (Å²) in [6.45, 7) is -0.00563. The summed E-state index contributed by atoms with van der Waals surface area (Å²) in [5.74, 6) is -0.760. The number of amides is 3. The molecule has 3 N–H and O–H groups in total. The fourth-order valence-electron chi connectivity index (χ4n) is 3.65. The van der Waals surface area contributed by atoms with Gasteiger partial charge in [0.15, 0.2) is 0 Å². The van der Waals surface area contributed by atoms with Crippen molar-refractivity contribution in [1.29, 1.82) is 0 Å². The molecule has 1 fully saturated rings. The zero-order chi connectivity index (χ0) is 18.6. The first-order valence-electron chi connectivity index (χ1n) is 7.66. The Morgan fingerprint density at radius 1 is 1.31 bits per heavy atom. The number of hydrogen-bond donors (Lipinski definition) is 2. The van der Waals surface area contributed by atoms with Gasteiger partial charge in [-0.3, -0.25) is 14.3 Å². The summed E-state index contributed by atoms with van der Waals surface area (Å²) in [7, 11) is -4.92. The van der Waals surface area contributed by atoms with Crippen LogP contribution in [0.4, 0.5) is 4.79 Å². The van der Waals surface area contributed by atoms with Gasteiger partial charge in [0.25, 0.3) is 0 Å². The Morgan fingerprint density at radius 2 is 2.00 bits per heavy atom. The Labute approximate surface area is 148 Å².